The molecule has 0 unspecified atom stereocenters. The molecule has 0 aliphatic rings. The SMILES string of the molecule is CCCCCCCC.[SiH3]O[SiH3]. The molecule has 0 spiro atoms. The van der Waals surface area contributed by atoms with Gasteiger partial charge in [0.2, 0.25) is 0 Å². The van der Waals surface area contributed by atoms with Gasteiger partial charge in [0.25, 0.3) is 0 Å². The molecule has 0 aliphatic heterocycles. The third kappa shape index (κ3) is 25.2. The van der Waals surface area contributed by atoms with Crippen LogP contribution >= 0.6 is 0 Å². The van der Waals surface area contributed by atoms with Crippen molar-refractivity contribution in [1.82, 2.24) is 0 Å². The van der Waals surface area contributed by atoms with Crippen LogP contribution < -0.4 is 0 Å². The van der Waals surface area contributed by atoms with Gasteiger partial charge in [-0.05, 0) is 0 Å². The predicted octanol–water partition coefficient (Wildman–Crippen LogP) is 0.931. The van der Waals surface area contributed by atoms with Crippen LogP contribution in [-0.4, -0.2) is 21.0 Å². The second kappa shape index (κ2) is 16.8. The molecule has 0 aromatic rings. The van der Waals surface area contributed by atoms with Gasteiger partial charge in [-0.25, -0.2) is 0 Å². The molecule has 0 N–H and O–H groups in total. The molecule has 0 heterocycles. The molecule has 0 saturated heterocycles. The summed E-state index contributed by atoms with van der Waals surface area (Å²) in [5.74, 6) is 0. The Morgan fingerprint density at radius 1 is 0.818 bits per heavy atom. The highest BCUT2D eigenvalue weighted by molar-refractivity contribution is 6.15. The van der Waals surface area contributed by atoms with Gasteiger partial charge in [-0.2, -0.15) is 0 Å². The summed E-state index contributed by atoms with van der Waals surface area (Å²) >= 11 is 0. The van der Waals surface area contributed by atoms with Gasteiger partial charge >= 0.3 is 0 Å². The second-order valence-electron chi connectivity index (χ2n) is 2.82. The van der Waals surface area contributed by atoms with Crippen LogP contribution in [-0.2, 0) is 4.12 Å². The zero-order valence-electron chi connectivity index (χ0n) is 8.65. The van der Waals surface area contributed by atoms with Crippen molar-refractivity contribution in [3.05, 3.63) is 0 Å². The topological polar surface area (TPSA) is 9.23 Å². The van der Waals surface area contributed by atoms with Crippen molar-refractivity contribution in [2.24, 2.45) is 0 Å². The lowest BCUT2D eigenvalue weighted by atomic mass is 10.1. The second-order valence-corrected chi connectivity index (χ2v) is 6.09. The van der Waals surface area contributed by atoms with Crippen LogP contribution in [0.25, 0.3) is 0 Å². The highest BCUT2D eigenvalue weighted by Crippen LogP contribution is 2.03. The van der Waals surface area contributed by atoms with Crippen molar-refractivity contribution < 1.29 is 4.12 Å². The molecule has 0 bridgehead atoms. The summed E-state index contributed by atoms with van der Waals surface area (Å²) in [6, 6.07) is 0. The van der Waals surface area contributed by atoms with Crippen molar-refractivity contribution in [3.63, 3.8) is 0 Å². The molecule has 0 radical (unpaired) electrons. The van der Waals surface area contributed by atoms with Gasteiger partial charge in [-0.1, -0.05) is 52.4 Å². The van der Waals surface area contributed by atoms with Crippen LogP contribution in [0.5, 0.6) is 0 Å². The largest absolute Gasteiger partial charge is 0.471 e. The van der Waals surface area contributed by atoms with E-state index in [1.165, 1.54) is 38.5 Å². The average molecular weight is 192 g/mol. The minimum atomic E-state index is 0.931. The molecule has 70 valence electrons. The summed E-state index contributed by atoms with van der Waals surface area (Å²) in [4.78, 5) is 0. The number of hydrogen-bond acceptors (Lipinski definition) is 1. The van der Waals surface area contributed by atoms with E-state index in [-0.39, 0.29) is 0 Å². The molecule has 0 amide bonds. The van der Waals surface area contributed by atoms with E-state index in [4.69, 9.17) is 0 Å². The van der Waals surface area contributed by atoms with Crippen LogP contribution in [0, 0.1) is 0 Å². The number of unbranched alkanes of at least 4 members (excludes halogenated alkanes) is 5. The molecule has 0 rings (SSSR count). The van der Waals surface area contributed by atoms with Gasteiger partial charge < -0.3 is 4.12 Å². The molecule has 0 saturated carbocycles. The summed E-state index contributed by atoms with van der Waals surface area (Å²) < 4.78 is 4.53. The molecule has 0 aliphatic carbocycles. The van der Waals surface area contributed by atoms with E-state index in [9.17, 15) is 0 Å². The van der Waals surface area contributed by atoms with Gasteiger partial charge in [-0.3, -0.25) is 0 Å². The first-order valence-corrected chi connectivity index (χ1v) is 6.36. The number of hydrogen-bond donors (Lipinski definition) is 0. The van der Waals surface area contributed by atoms with Crippen LogP contribution in [0.15, 0.2) is 0 Å². The van der Waals surface area contributed by atoms with E-state index in [0.717, 1.165) is 21.0 Å². The summed E-state index contributed by atoms with van der Waals surface area (Å²) in [5, 5.41) is 0. The van der Waals surface area contributed by atoms with Crippen LogP contribution in [0.2, 0.25) is 0 Å². The Bertz CT molecular complexity index is 45.4. The standard InChI is InChI=1S/C8H18.H6OSi2/c1-3-5-7-8-6-4-2;2-1-3/h3-8H2,1-2H3;2-3H3. The highest BCUT2D eigenvalue weighted by Gasteiger charge is 1.83. The summed E-state index contributed by atoms with van der Waals surface area (Å²) in [6.07, 6.45) is 8.49. The van der Waals surface area contributed by atoms with E-state index in [1.54, 1.807) is 0 Å². The molecular formula is C8H24OSi2. The Morgan fingerprint density at radius 3 is 1.27 bits per heavy atom. The van der Waals surface area contributed by atoms with Crippen molar-refractivity contribution in [2.45, 2.75) is 52.4 Å². The minimum absolute atomic E-state index is 0.931. The predicted molar refractivity (Wildman–Crippen MR) is 60.0 cm³/mol. The van der Waals surface area contributed by atoms with E-state index in [2.05, 4.69) is 18.0 Å². The molecule has 0 atom stereocenters. The molecule has 11 heavy (non-hydrogen) atoms. The third-order valence-corrected chi connectivity index (χ3v) is 1.46. The van der Waals surface area contributed by atoms with E-state index < -0.39 is 0 Å². The maximum absolute atomic E-state index is 4.53. The Morgan fingerprint density at radius 2 is 1.09 bits per heavy atom. The third-order valence-electron chi connectivity index (χ3n) is 1.46. The summed E-state index contributed by atoms with van der Waals surface area (Å²) in [6.45, 7) is 4.51. The molecule has 0 aromatic carbocycles. The summed E-state index contributed by atoms with van der Waals surface area (Å²) in [7, 11) is 1.86. The Labute approximate surface area is 78.0 Å². The van der Waals surface area contributed by atoms with Gasteiger partial charge in [0.05, 0.1) is 0 Å². The summed E-state index contributed by atoms with van der Waals surface area (Å²) in [5.41, 5.74) is 0. The zero-order chi connectivity index (χ0) is 8.95. The fourth-order valence-electron chi connectivity index (χ4n) is 0.854. The molecule has 1 nitrogen and oxygen atoms in total. The van der Waals surface area contributed by atoms with E-state index in [0.29, 0.717) is 0 Å². The first-order valence-electron chi connectivity index (χ1n) is 4.73. The zero-order valence-corrected chi connectivity index (χ0v) is 12.7. The van der Waals surface area contributed by atoms with Gasteiger partial charge in [0, 0.05) is 0 Å². The molecule has 0 aromatic heterocycles. The smallest absolute Gasteiger partial charge is 0.129 e. The fourth-order valence-corrected chi connectivity index (χ4v) is 0.854. The first-order chi connectivity index (χ1) is 5.33. The van der Waals surface area contributed by atoms with Crippen molar-refractivity contribution in [3.8, 4) is 0 Å². The lowest BCUT2D eigenvalue weighted by Crippen LogP contribution is -1.73. The van der Waals surface area contributed by atoms with E-state index >= 15 is 0 Å². The van der Waals surface area contributed by atoms with E-state index in [1.807, 2.05) is 0 Å². The average Bonchev–Trinajstić information content (AvgIpc) is 2.00. The van der Waals surface area contributed by atoms with Crippen molar-refractivity contribution in [2.75, 3.05) is 0 Å². The maximum Gasteiger partial charge on any atom is 0.129 e. The van der Waals surface area contributed by atoms with Gasteiger partial charge in [0.15, 0.2) is 0 Å². The fraction of sp³-hybridized carbons (Fsp3) is 1.00. The van der Waals surface area contributed by atoms with Crippen LogP contribution in [0.3, 0.4) is 0 Å². The lowest BCUT2D eigenvalue weighted by molar-refractivity contribution is 0.624. The van der Waals surface area contributed by atoms with Crippen LogP contribution in [0.1, 0.15) is 52.4 Å². The van der Waals surface area contributed by atoms with Crippen molar-refractivity contribution in [1.29, 1.82) is 0 Å². The van der Waals surface area contributed by atoms with Gasteiger partial charge in [0.1, 0.15) is 21.0 Å². The maximum atomic E-state index is 4.53. The monoisotopic (exact) mass is 192 g/mol. The van der Waals surface area contributed by atoms with Gasteiger partial charge in [-0.15, -0.1) is 0 Å². The molecule has 3 heteroatoms. The molecule has 0 fully saturated rings. The van der Waals surface area contributed by atoms with Crippen LogP contribution in [0.4, 0.5) is 0 Å². The first kappa shape index (κ1) is 13.9. The molecular weight excluding hydrogens is 168 g/mol. The normalized spacial score (nSPS) is 9.27. The Balaban J connectivity index is 0. The lowest BCUT2D eigenvalue weighted by Gasteiger charge is -1.93. The number of rotatable bonds is 5. The highest BCUT2D eigenvalue weighted by atomic mass is 28.3. The Kier molecular flexibility index (Phi) is 21.3. The Hall–Kier alpha value is 0.394. The quantitative estimate of drug-likeness (QED) is 0.465. The minimum Gasteiger partial charge on any atom is -0.471 e. The van der Waals surface area contributed by atoms with Crippen molar-refractivity contribution >= 4 is 21.0 Å².